The van der Waals surface area contributed by atoms with Crippen LogP contribution in [-0.4, -0.2) is 16.1 Å². The van der Waals surface area contributed by atoms with Crippen molar-refractivity contribution in [3.8, 4) is 5.75 Å². The van der Waals surface area contributed by atoms with Gasteiger partial charge in [0.15, 0.2) is 5.78 Å². The summed E-state index contributed by atoms with van der Waals surface area (Å²) in [6.45, 7) is 3.83. The van der Waals surface area contributed by atoms with Gasteiger partial charge in [0.2, 0.25) is 0 Å². The highest BCUT2D eigenvalue weighted by Gasteiger charge is 2.19. The third-order valence-electron chi connectivity index (χ3n) is 5.56. The van der Waals surface area contributed by atoms with Gasteiger partial charge in [-0.05, 0) is 37.5 Å². The molecule has 0 saturated heterocycles. The molecule has 2 aromatic rings. The van der Waals surface area contributed by atoms with Gasteiger partial charge in [0.1, 0.15) is 11.9 Å². The lowest BCUT2D eigenvalue weighted by atomic mass is 10.0. The second-order valence-corrected chi connectivity index (χ2v) is 9.10. The predicted octanol–water partition coefficient (Wildman–Crippen LogP) is 7.40. The highest BCUT2D eigenvalue weighted by atomic mass is 32.2. The van der Waals surface area contributed by atoms with Crippen LogP contribution in [0.1, 0.15) is 94.0 Å². The zero-order chi connectivity index (χ0) is 23.0. The van der Waals surface area contributed by atoms with Crippen molar-refractivity contribution in [3.05, 3.63) is 65.7 Å². The number of hydrogen-bond donors (Lipinski definition) is 0. The third kappa shape index (κ3) is 10.6. The zero-order valence-electron chi connectivity index (χ0n) is 19.6. The van der Waals surface area contributed by atoms with Crippen molar-refractivity contribution in [3.63, 3.8) is 0 Å². The van der Waals surface area contributed by atoms with Crippen molar-refractivity contribution in [1.29, 1.82) is 0 Å². The summed E-state index contributed by atoms with van der Waals surface area (Å²) in [4.78, 5) is 12.3. The molecule has 0 radical (unpaired) electrons. The Hall–Kier alpha value is -1.98. The summed E-state index contributed by atoms with van der Waals surface area (Å²) in [6, 6.07) is 16.4. The van der Waals surface area contributed by atoms with E-state index >= 15 is 0 Å². The Morgan fingerprint density at radius 3 is 1.97 bits per heavy atom. The van der Waals surface area contributed by atoms with Crippen molar-refractivity contribution in [2.24, 2.45) is 0 Å². The monoisotopic (exact) mass is 458 g/mol. The van der Waals surface area contributed by atoms with Gasteiger partial charge in [-0.2, -0.15) is 4.21 Å². The minimum absolute atomic E-state index is 0.227. The van der Waals surface area contributed by atoms with E-state index in [2.05, 4.69) is 6.92 Å². The Morgan fingerprint density at radius 2 is 1.38 bits per heavy atom. The van der Waals surface area contributed by atoms with Crippen LogP contribution in [0.3, 0.4) is 0 Å². The molecule has 2 unspecified atom stereocenters. The van der Waals surface area contributed by atoms with Crippen molar-refractivity contribution >= 4 is 17.1 Å². The summed E-state index contributed by atoms with van der Waals surface area (Å²) in [7, 11) is 0. The quantitative estimate of drug-likeness (QED) is 0.183. The van der Waals surface area contributed by atoms with E-state index in [1.807, 2.05) is 18.2 Å². The first-order chi connectivity index (χ1) is 15.6. The number of aryl methyl sites for hydroxylation is 1. The van der Waals surface area contributed by atoms with Crippen molar-refractivity contribution < 1.29 is 17.4 Å². The van der Waals surface area contributed by atoms with E-state index in [4.69, 9.17) is 8.37 Å². The molecule has 0 bridgehead atoms. The molecular formula is C27H38O4S. The maximum absolute atomic E-state index is 12.3. The molecule has 32 heavy (non-hydrogen) atoms. The number of Topliss-reactive ketones (excluding diaryl/α,β-unsaturated/α-hetero) is 1. The minimum Gasteiger partial charge on any atom is -0.380 e. The number of hydrogen-bond acceptors (Lipinski definition) is 4. The normalized spacial score (nSPS) is 12.9. The summed E-state index contributed by atoms with van der Waals surface area (Å²) in [5.74, 6) is 0.240. The van der Waals surface area contributed by atoms with Crippen LogP contribution in [0.15, 0.2) is 54.6 Å². The van der Waals surface area contributed by atoms with Crippen molar-refractivity contribution in [2.45, 2.75) is 90.6 Å². The highest BCUT2D eigenvalue weighted by Crippen LogP contribution is 2.17. The van der Waals surface area contributed by atoms with Gasteiger partial charge in [-0.15, -0.1) is 0 Å². The van der Waals surface area contributed by atoms with Gasteiger partial charge in [0.25, 0.3) is 0 Å². The van der Waals surface area contributed by atoms with Gasteiger partial charge < -0.3 is 4.18 Å². The molecule has 0 N–H and O–H groups in total. The van der Waals surface area contributed by atoms with Crippen LogP contribution in [0.4, 0.5) is 0 Å². The van der Waals surface area contributed by atoms with Crippen LogP contribution in [0.2, 0.25) is 0 Å². The molecule has 2 atom stereocenters. The number of carbonyl (C=O) groups is 1. The fraction of sp³-hybridized carbons (Fsp3) is 0.519. The molecule has 0 aromatic heterocycles. The van der Waals surface area contributed by atoms with E-state index in [9.17, 15) is 9.00 Å². The van der Waals surface area contributed by atoms with Gasteiger partial charge >= 0.3 is 11.4 Å². The lowest BCUT2D eigenvalue weighted by Crippen LogP contribution is -2.23. The average molecular weight is 459 g/mol. The van der Waals surface area contributed by atoms with E-state index in [1.165, 1.54) is 69.8 Å². The summed E-state index contributed by atoms with van der Waals surface area (Å²) in [5, 5.41) is 0. The van der Waals surface area contributed by atoms with E-state index in [1.54, 1.807) is 43.3 Å². The summed E-state index contributed by atoms with van der Waals surface area (Å²) >= 11 is -2.04. The number of ketones is 1. The van der Waals surface area contributed by atoms with Crippen LogP contribution < -0.4 is 4.18 Å². The lowest BCUT2D eigenvalue weighted by Gasteiger charge is -2.11. The largest absolute Gasteiger partial charge is 0.380 e. The molecule has 0 fully saturated rings. The smallest absolute Gasteiger partial charge is 0.360 e. The first kappa shape index (κ1) is 26.3. The number of unbranched alkanes of at least 4 members (excludes halogenated alkanes) is 9. The van der Waals surface area contributed by atoms with E-state index in [-0.39, 0.29) is 5.78 Å². The number of rotatable bonds is 17. The van der Waals surface area contributed by atoms with Crippen LogP contribution in [0.5, 0.6) is 5.75 Å². The topological polar surface area (TPSA) is 52.6 Å². The van der Waals surface area contributed by atoms with Gasteiger partial charge in [-0.1, -0.05) is 107 Å². The maximum atomic E-state index is 12.3. The van der Waals surface area contributed by atoms with Crippen molar-refractivity contribution in [2.75, 3.05) is 0 Å². The Balaban J connectivity index is 1.61. The first-order valence-electron chi connectivity index (χ1n) is 12.1. The molecule has 0 aliphatic carbocycles. The Bertz CT molecular complexity index is 789. The average Bonchev–Trinajstić information content (AvgIpc) is 2.81. The molecule has 0 saturated carbocycles. The standard InChI is InChI=1S/C27H38O4S/c1-3-4-5-6-7-8-9-10-11-13-16-24-19-21-26(22-20-24)31-32(29)30-23(2)27(28)25-17-14-12-15-18-25/h12,14-15,17-23H,3-11,13,16H2,1-2H3. The maximum Gasteiger partial charge on any atom is 0.360 e. The number of benzene rings is 2. The third-order valence-corrected chi connectivity index (χ3v) is 6.33. The summed E-state index contributed by atoms with van der Waals surface area (Å²) < 4.78 is 22.7. The van der Waals surface area contributed by atoms with E-state index in [0.717, 1.165) is 6.42 Å². The molecule has 2 rings (SSSR count). The first-order valence-corrected chi connectivity index (χ1v) is 13.1. The highest BCUT2D eigenvalue weighted by molar-refractivity contribution is 7.75. The molecule has 5 heteroatoms. The van der Waals surface area contributed by atoms with Crippen molar-refractivity contribution in [1.82, 2.24) is 0 Å². The second kappa shape index (κ2) is 15.8. The van der Waals surface area contributed by atoms with Gasteiger partial charge in [-0.25, -0.2) is 4.18 Å². The van der Waals surface area contributed by atoms with Crippen LogP contribution >= 0.6 is 0 Å². The van der Waals surface area contributed by atoms with Gasteiger partial charge in [0, 0.05) is 5.56 Å². The summed E-state index contributed by atoms with van der Waals surface area (Å²) in [6.07, 6.45) is 13.5. The second-order valence-electron chi connectivity index (χ2n) is 8.33. The fourth-order valence-electron chi connectivity index (χ4n) is 3.63. The summed E-state index contributed by atoms with van der Waals surface area (Å²) in [5.41, 5.74) is 1.77. The molecule has 2 aromatic carbocycles. The molecule has 0 spiro atoms. The molecule has 4 nitrogen and oxygen atoms in total. The molecular weight excluding hydrogens is 420 g/mol. The number of carbonyl (C=O) groups excluding carboxylic acids is 1. The SMILES string of the molecule is CCCCCCCCCCCCc1ccc(OS(=O)OC(C)C(=O)c2ccccc2)cc1. The van der Waals surface area contributed by atoms with Crippen LogP contribution in [0.25, 0.3) is 0 Å². The molecule has 0 heterocycles. The van der Waals surface area contributed by atoms with Gasteiger partial charge in [-0.3, -0.25) is 4.79 Å². The van der Waals surface area contributed by atoms with E-state index in [0.29, 0.717) is 11.3 Å². The predicted molar refractivity (Wildman–Crippen MR) is 132 cm³/mol. The fourth-order valence-corrected chi connectivity index (χ4v) is 4.26. The molecule has 0 aliphatic rings. The minimum atomic E-state index is -2.04. The van der Waals surface area contributed by atoms with Crippen LogP contribution in [0, 0.1) is 0 Å². The Morgan fingerprint density at radius 1 is 0.812 bits per heavy atom. The molecule has 176 valence electrons. The van der Waals surface area contributed by atoms with E-state index < -0.39 is 17.5 Å². The molecule has 0 amide bonds. The zero-order valence-corrected chi connectivity index (χ0v) is 20.4. The van der Waals surface area contributed by atoms with Crippen LogP contribution in [-0.2, 0) is 22.0 Å². The van der Waals surface area contributed by atoms with Gasteiger partial charge in [0.05, 0.1) is 0 Å². The Labute approximate surface area is 196 Å². The molecule has 0 aliphatic heterocycles. The Kier molecular flexibility index (Phi) is 12.9. The lowest BCUT2D eigenvalue weighted by molar-refractivity contribution is 0.0824.